The first-order valence-corrected chi connectivity index (χ1v) is 8.12. The highest BCUT2D eigenvalue weighted by atomic mass is 16.2. The lowest BCUT2D eigenvalue weighted by Crippen LogP contribution is -2.57. The van der Waals surface area contributed by atoms with Gasteiger partial charge in [-0.1, -0.05) is 12.1 Å². The number of piperazine rings is 1. The van der Waals surface area contributed by atoms with E-state index in [0.29, 0.717) is 24.5 Å². The normalized spacial score (nSPS) is 24.5. The Labute approximate surface area is 132 Å². The third-order valence-electron chi connectivity index (χ3n) is 4.93. The van der Waals surface area contributed by atoms with Gasteiger partial charge in [-0.05, 0) is 44.4 Å². The molecule has 4 heteroatoms. The quantitative estimate of drug-likeness (QED) is 0.861. The van der Waals surface area contributed by atoms with Crippen LogP contribution in [0.1, 0.15) is 42.6 Å². The molecule has 2 aliphatic heterocycles. The third kappa shape index (κ3) is 2.74. The van der Waals surface area contributed by atoms with Gasteiger partial charge >= 0.3 is 0 Å². The molecular formula is C18H23N3O. The molecule has 1 amide bonds. The fraction of sp³-hybridized carbons (Fsp3) is 0.556. The van der Waals surface area contributed by atoms with Gasteiger partial charge in [-0.15, -0.1) is 0 Å². The fourth-order valence-electron chi connectivity index (χ4n) is 3.74. The minimum Gasteiger partial charge on any atom is -0.330 e. The van der Waals surface area contributed by atoms with Gasteiger partial charge in [-0.2, -0.15) is 5.26 Å². The molecule has 0 aliphatic carbocycles. The van der Waals surface area contributed by atoms with Crippen LogP contribution < -0.4 is 0 Å². The molecule has 0 aromatic heterocycles. The zero-order chi connectivity index (χ0) is 15.7. The summed E-state index contributed by atoms with van der Waals surface area (Å²) in [5, 5.41) is 8.82. The zero-order valence-corrected chi connectivity index (χ0v) is 13.3. The van der Waals surface area contributed by atoms with E-state index in [9.17, 15) is 4.79 Å². The first kappa shape index (κ1) is 15.1. The van der Waals surface area contributed by atoms with Crippen LogP contribution in [-0.2, 0) is 6.42 Å². The number of amides is 1. The van der Waals surface area contributed by atoms with Crippen LogP contribution in [-0.4, -0.2) is 46.9 Å². The molecule has 1 aromatic rings. The molecule has 2 unspecified atom stereocenters. The van der Waals surface area contributed by atoms with Gasteiger partial charge in [0, 0.05) is 36.8 Å². The number of benzene rings is 1. The summed E-state index contributed by atoms with van der Waals surface area (Å²) in [6.45, 7) is 6.42. The Morgan fingerprint density at radius 2 is 2.00 bits per heavy atom. The number of carbonyl (C=O) groups is 1. The van der Waals surface area contributed by atoms with Crippen LogP contribution in [0.25, 0.3) is 0 Å². The van der Waals surface area contributed by atoms with Crippen molar-refractivity contribution in [2.45, 2.75) is 51.2 Å². The Morgan fingerprint density at radius 3 is 2.59 bits per heavy atom. The molecule has 2 bridgehead atoms. The molecular weight excluding hydrogens is 274 g/mol. The van der Waals surface area contributed by atoms with E-state index in [0.717, 1.165) is 37.1 Å². The van der Waals surface area contributed by atoms with Crippen LogP contribution in [0.4, 0.5) is 0 Å². The second-order valence-electron chi connectivity index (χ2n) is 6.68. The van der Waals surface area contributed by atoms with E-state index in [4.69, 9.17) is 5.26 Å². The van der Waals surface area contributed by atoms with Gasteiger partial charge in [-0.25, -0.2) is 0 Å². The second kappa shape index (κ2) is 6.10. The lowest BCUT2D eigenvalue weighted by molar-refractivity contribution is 0.0349. The summed E-state index contributed by atoms with van der Waals surface area (Å²) in [5.41, 5.74) is 1.64. The summed E-state index contributed by atoms with van der Waals surface area (Å²) in [5.74, 6) is 0.135. The van der Waals surface area contributed by atoms with Crippen LogP contribution in [0.2, 0.25) is 0 Å². The van der Waals surface area contributed by atoms with Crippen LogP contribution >= 0.6 is 0 Å². The topological polar surface area (TPSA) is 47.3 Å². The number of carbonyl (C=O) groups excluding carboxylic acids is 1. The van der Waals surface area contributed by atoms with Gasteiger partial charge in [0.25, 0.3) is 5.91 Å². The SMILES string of the molecule is CC(C)N1CC2CCC(C1)N2C(=O)c1cccc(CC#N)c1. The molecule has 0 N–H and O–H groups in total. The molecule has 116 valence electrons. The van der Waals surface area contributed by atoms with E-state index in [2.05, 4.69) is 29.7 Å². The maximum Gasteiger partial charge on any atom is 0.254 e. The van der Waals surface area contributed by atoms with Crippen LogP contribution in [0, 0.1) is 11.3 Å². The van der Waals surface area contributed by atoms with Crippen LogP contribution in [0.3, 0.4) is 0 Å². The number of rotatable bonds is 3. The van der Waals surface area contributed by atoms with E-state index in [1.165, 1.54) is 0 Å². The Kier molecular flexibility index (Phi) is 4.17. The van der Waals surface area contributed by atoms with Crippen LogP contribution in [0.15, 0.2) is 24.3 Å². The monoisotopic (exact) mass is 297 g/mol. The fourth-order valence-corrected chi connectivity index (χ4v) is 3.74. The highest BCUT2D eigenvalue weighted by Crippen LogP contribution is 2.32. The van der Waals surface area contributed by atoms with Crippen molar-refractivity contribution in [1.82, 2.24) is 9.80 Å². The minimum absolute atomic E-state index is 0.135. The van der Waals surface area contributed by atoms with Gasteiger partial charge in [0.2, 0.25) is 0 Å². The Bertz CT molecular complexity index is 591. The molecule has 3 rings (SSSR count). The predicted molar refractivity (Wildman–Crippen MR) is 85.4 cm³/mol. The van der Waals surface area contributed by atoms with Crippen molar-refractivity contribution in [2.75, 3.05) is 13.1 Å². The molecule has 2 aliphatic rings. The largest absolute Gasteiger partial charge is 0.330 e. The van der Waals surface area contributed by atoms with Crippen molar-refractivity contribution < 1.29 is 4.79 Å². The summed E-state index contributed by atoms with van der Waals surface area (Å²) in [7, 11) is 0. The van der Waals surface area contributed by atoms with Gasteiger partial charge in [0.15, 0.2) is 0 Å². The average Bonchev–Trinajstić information content (AvgIpc) is 2.76. The molecule has 1 aromatic carbocycles. The van der Waals surface area contributed by atoms with E-state index in [1.54, 1.807) is 0 Å². The molecule has 4 nitrogen and oxygen atoms in total. The highest BCUT2D eigenvalue weighted by Gasteiger charge is 2.43. The van der Waals surface area contributed by atoms with E-state index in [1.807, 2.05) is 24.3 Å². The van der Waals surface area contributed by atoms with Crippen LogP contribution in [0.5, 0.6) is 0 Å². The van der Waals surface area contributed by atoms with Crippen molar-refractivity contribution in [3.05, 3.63) is 35.4 Å². The standard InChI is InChI=1S/C18H23N3O/c1-13(2)20-11-16-6-7-17(12-20)21(16)18(22)15-5-3-4-14(10-15)8-9-19/h3-5,10,13,16-17H,6-8,11-12H2,1-2H3. The number of fused-ring (bicyclic) bond motifs is 2. The lowest BCUT2D eigenvalue weighted by Gasteiger charge is -2.42. The molecule has 22 heavy (non-hydrogen) atoms. The van der Waals surface area contributed by atoms with Gasteiger partial charge in [0.05, 0.1) is 12.5 Å². The maximum absolute atomic E-state index is 12.9. The smallest absolute Gasteiger partial charge is 0.254 e. The summed E-state index contributed by atoms with van der Waals surface area (Å²) in [6.07, 6.45) is 2.57. The lowest BCUT2D eigenvalue weighted by atomic mass is 10.1. The van der Waals surface area contributed by atoms with Gasteiger partial charge in [-0.3, -0.25) is 9.69 Å². The number of nitriles is 1. The number of nitrogens with zero attached hydrogens (tertiary/aromatic N) is 3. The van der Waals surface area contributed by atoms with Crippen molar-refractivity contribution in [3.63, 3.8) is 0 Å². The third-order valence-corrected chi connectivity index (χ3v) is 4.93. The van der Waals surface area contributed by atoms with Gasteiger partial charge in [0.1, 0.15) is 0 Å². The summed E-state index contributed by atoms with van der Waals surface area (Å²) < 4.78 is 0. The Balaban J connectivity index is 1.79. The highest BCUT2D eigenvalue weighted by molar-refractivity contribution is 5.95. The van der Waals surface area contributed by atoms with Crippen molar-refractivity contribution in [3.8, 4) is 6.07 Å². The minimum atomic E-state index is 0.135. The van der Waals surface area contributed by atoms with Gasteiger partial charge < -0.3 is 4.90 Å². The Morgan fingerprint density at radius 1 is 1.32 bits per heavy atom. The summed E-state index contributed by atoms with van der Waals surface area (Å²) >= 11 is 0. The molecule has 2 atom stereocenters. The first-order valence-electron chi connectivity index (χ1n) is 8.12. The molecule has 0 spiro atoms. The van der Waals surface area contributed by atoms with Crippen molar-refractivity contribution in [1.29, 1.82) is 5.26 Å². The average molecular weight is 297 g/mol. The van der Waals surface area contributed by atoms with Crippen molar-refractivity contribution >= 4 is 5.91 Å². The molecule has 0 radical (unpaired) electrons. The number of likely N-dealkylation sites (tertiary alicyclic amines) is 1. The maximum atomic E-state index is 12.9. The van der Waals surface area contributed by atoms with E-state index >= 15 is 0 Å². The van der Waals surface area contributed by atoms with E-state index < -0.39 is 0 Å². The van der Waals surface area contributed by atoms with Crippen molar-refractivity contribution in [2.24, 2.45) is 0 Å². The number of hydrogen-bond donors (Lipinski definition) is 0. The van der Waals surface area contributed by atoms with E-state index in [-0.39, 0.29) is 5.91 Å². The zero-order valence-electron chi connectivity index (χ0n) is 13.3. The molecule has 2 saturated heterocycles. The summed E-state index contributed by atoms with van der Waals surface area (Å²) in [6, 6.07) is 10.9. The Hall–Kier alpha value is -1.86. The number of hydrogen-bond acceptors (Lipinski definition) is 3. The summed E-state index contributed by atoms with van der Waals surface area (Å²) in [4.78, 5) is 17.5. The second-order valence-corrected chi connectivity index (χ2v) is 6.68. The molecule has 0 saturated carbocycles. The predicted octanol–water partition coefficient (Wildman–Crippen LogP) is 2.45. The molecule has 2 heterocycles. The first-order chi connectivity index (χ1) is 10.6. The molecule has 2 fully saturated rings.